The molecule has 1 unspecified atom stereocenters. The van der Waals surface area contributed by atoms with Crippen molar-refractivity contribution < 1.29 is 9.53 Å². The minimum Gasteiger partial charge on any atom is -0.367 e. The van der Waals surface area contributed by atoms with E-state index in [9.17, 15) is 4.79 Å². The highest BCUT2D eigenvalue weighted by Gasteiger charge is 2.38. The van der Waals surface area contributed by atoms with Crippen LogP contribution in [0.1, 0.15) is 35.0 Å². The Labute approximate surface area is 98.2 Å². The van der Waals surface area contributed by atoms with Crippen molar-refractivity contribution in [3.8, 4) is 0 Å². The third kappa shape index (κ3) is 1.96. The first-order chi connectivity index (χ1) is 7.03. The molecule has 2 rings (SSSR count). The Bertz CT molecular complexity index is 372. The van der Waals surface area contributed by atoms with Crippen molar-refractivity contribution in [2.24, 2.45) is 0 Å². The van der Waals surface area contributed by atoms with Crippen LogP contribution in [0.3, 0.4) is 0 Å². The number of carbonyl (C=O) groups is 1. The number of hydrogen-bond donors (Lipinski definition) is 0. The first kappa shape index (κ1) is 11.1. The van der Waals surface area contributed by atoms with Gasteiger partial charge in [-0.25, -0.2) is 0 Å². The topological polar surface area (TPSA) is 26.3 Å². The van der Waals surface area contributed by atoms with Crippen LogP contribution >= 0.6 is 22.9 Å². The van der Waals surface area contributed by atoms with Crippen LogP contribution in [-0.2, 0) is 4.74 Å². The van der Waals surface area contributed by atoms with Crippen LogP contribution in [0.5, 0.6) is 0 Å². The van der Waals surface area contributed by atoms with Gasteiger partial charge in [0, 0.05) is 6.61 Å². The molecule has 2 heterocycles. The fraction of sp³-hybridized carbons (Fsp3) is 0.545. The summed E-state index contributed by atoms with van der Waals surface area (Å²) in [6, 6.07) is 1.85. The Hall–Kier alpha value is -0.380. The van der Waals surface area contributed by atoms with E-state index in [2.05, 4.69) is 0 Å². The highest BCUT2D eigenvalue weighted by atomic mass is 35.5. The lowest BCUT2D eigenvalue weighted by Gasteiger charge is -2.20. The Kier molecular flexibility index (Phi) is 2.88. The predicted octanol–water partition coefficient (Wildman–Crippen LogP) is 3.46. The summed E-state index contributed by atoms with van der Waals surface area (Å²) in [5.74, 6) is 0.0694. The van der Waals surface area contributed by atoms with E-state index in [1.165, 1.54) is 11.3 Å². The maximum absolute atomic E-state index is 12.2. The molecule has 0 saturated carbocycles. The smallest absolute Gasteiger partial charge is 0.204 e. The number of ether oxygens (including phenoxy) is 1. The summed E-state index contributed by atoms with van der Waals surface area (Å²) in [5.41, 5.74) is 0.340. The van der Waals surface area contributed by atoms with Crippen molar-refractivity contribution >= 4 is 28.7 Å². The van der Waals surface area contributed by atoms with E-state index in [1.807, 2.05) is 19.9 Å². The third-order valence-corrected chi connectivity index (χ3v) is 4.33. The van der Waals surface area contributed by atoms with Gasteiger partial charge in [-0.05, 0) is 38.3 Å². The van der Waals surface area contributed by atoms with Crippen molar-refractivity contribution in [3.63, 3.8) is 0 Å². The molecule has 2 nitrogen and oxygen atoms in total. The fourth-order valence-corrected chi connectivity index (χ4v) is 3.05. The van der Waals surface area contributed by atoms with E-state index in [0.29, 0.717) is 15.8 Å². The molecule has 1 aromatic heterocycles. The molecule has 1 aliphatic heterocycles. The molecule has 0 amide bonds. The minimum absolute atomic E-state index is 0.0694. The molecule has 1 aromatic rings. The molecule has 0 aromatic carbocycles. The number of hydrogen-bond acceptors (Lipinski definition) is 3. The van der Waals surface area contributed by atoms with Gasteiger partial charge in [-0.15, -0.1) is 11.3 Å². The molecule has 0 bridgehead atoms. The molecule has 0 N–H and O–H groups in total. The van der Waals surface area contributed by atoms with E-state index in [-0.39, 0.29) is 5.78 Å². The van der Waals surface area contributed by atoms with Crippen LogP contribution in [0.4, 0.5) is 0 Å². The zero-order valence-corrected chi connectivity index (χ0v) is 10.4. The molecule has 0 radical (unpaired) electrons. The monoisotopic (exact) mass is 244 g/mol. The summed E-state index contributed by atoms with van der Waals surface area (Å²) in [4.78, 5) is 12.9. The second-order valence-electron chi connectivity index (χ2n) is 4.08. The van der Waals surface area contributed by atoms with E-state index in [4.69, 9.17) is 16.3 Å². The Balaban J connectivity index is 2.27. The van der Waals surface area contributed by atoms with Crippen molar-refractivity contribution in [3.05, 3.63) is 20.8 Å². The quantitative estimate of drug-likeness (QED) is 0.745. The second-order valence-corrected chi connectivity index (χ2v) is 5.73. The SMILES string of the molecule is Cc1cc(C(=O)C2(C)CCCO2)sc1Cl. The van der Waals surface area contributed by atoms with Crippen LogP contribution in [0.25, 0.3) is 0 Å². The van der Waals surface area contributed by atoms with E-state index >= 15 is 0 Å². The van der Waals surface area contributed by atoms with Crippen LogP contribution in [-0.4, -0.2) is 18.0 Å². The lowest BCUT2D eigenvalue weighted by atomic mass is 9.96. The van der Waals surface area contributed by atoms with Crippen molar-refractivity contribution in [2.75, 3.05) is 6.61 Å². The maximum Gasteiger partial charge on any atom is 0.204 e. The van der Waals surface area contributed by atoms with Gasteiger partial charge in [-0.1, -0.05) is 11.6 Å². The number of thiophene rings is 1. The van der Waals surface area contributed by atoms with Crippen LogP contribution in [0, 0.1) is 6.92 Å². The summed E-state index contributed by atoms with van der Waals surface area (Å²) < 4.78 is 6.21. The molecular weight excluding hydrogens is 232 g/mol. The van der Waals surface area contributed by atoms with E-state index in [1.54, 1.807) is 0 Å². The molecule has 0 spiro atoms. The number of aryl methyl sites for hydroxylation is 1. The van der Waals surface area contributed by atoms with Crippen molar-refractivity contribution in [1.29, 1.82) is 0 Å². The average Bonchev–Trinajstić information content (AvgIpc) is 2.75. The molecule has 15 heavy (non-hydrogen) atoms. The standard InChI is InChI=1S/C11H13ClO2S/c1-7-6-8(15-10(7)12)9(13)11(2)4-3-5-14-11/h6H,3-5H2,1-2H3. The molecule has 1 atom stereocenters. The number of halogens is 1. The molecule has 1 saturated heterocycles. The second kappa shape index (κ2) is 3.89. The summed E-state index contributed by atoms with van der Waals surface area (Å²) in [5, 5.41) is 0. The summed E-state index contributed by atoms with van der Waals surface area (Å²) >= 11 is 7.29. The Morgan fingerprint density at radius 3 is 2.87 bits per heavy atom. The van der Waals surface area contributed by atoms with Gasteiger partial charge in [0.15, 0.2) is 0 Å². The van der Waals surface area contributed by atoms with E-state index in [0.717, 1.165) is 18.4 Å². The number of ketones is 1. The van der Waals surface area contributed by atoms with Gasteiger partial charge < -0.3 is 4.74 Å². The number of carbonyl (C=O) groups excluding carboxylic acids is 1. The van der Waals surface area contributed by atoms with E-state index < -0.39 is 5.60 Å². The molecular formula is C11H13ClO2S. The first-order valence-corrected chi connectivity index (χ1v) is 6.17. The van der Waals surface area contributed by atoms with Gasteiger partial charge in [0.1, 0.15) is 5.60 Å². The summed E-state index contributed by atoms with van der Waals surface area (Å²) in [6.07, 6.45) is 1.76. The molecule has 1 fully saturated rings. The van der Waals surface area contributed by atoms with Crippen LogP contribution in [0.2, 0.25) is 4.34 Å². The Morgan fingerprint density at radius 2 is 2.40 bits per heavy atom. The maximum atomic E-state index is 12.2. The summed E-state index contributed by atoms with van der Waals surface area (Å²) in [6.45, 7) is 4.46. The van der Waals surface area contributed by atoms with Gasteiger partial charge >= 0.3 is 0 Å². The minimum atomic E-state index is -0.624. The summed E-state index contributed by atoms with van der Waals surface area (Å²) in [7, 11) is 0. The lowest BCUT2D eigenvalue weighted by molar-refractivity contribution is 0.0217. The number of Topliss-reactive ketones (excluding diaryl/α,β-unsaturated/α-hetero) is 1. The van der Waals surface area contributed by atoms with Gasteiger partial charge in [-0.2, -0.15) is 0 Å². The highest BCUT2D eigenvalue weighted by molar-refractivity contribution is 7.18. The largest absolute Gasteiger partial charge is 0.367 e. The van der Waals surface area contributed by atoms with Crippen LogP contribution in [0.15, 0.2) is 6.07 Å². The molecule has 82 valence electrons. The van der Waals surface area contributed by atoms with Crippen LogP contribution < -0.4 is 0 Å². The normalized spacial score (nSPS) is 25.8. The first-order valence-electron chi connectivity index (χ1n) is 4.98. The van der Waals surface area contributed by atoms with Gasteiger partial charge in [0.05, 0.1) is 9.21 Å². The van der Waals surface area contributed by atoms with Gasteiger partial charge in [-0.3, -0.25) is 4.79 Å². The Morgan fingerprint density at radius 1 is 1.67 bits per heavy atom. The average molecular weight is 245 g/mol. The van der Waals surface area contributed by atoms with Crippen molar-refractivity contribution in [2.45, 2.75) is 32.3 Å². The third-order valence-electron chi connectivity index (χ3n) is 2.78. The fourth-order valence-electron chi connectivity index (χ4n) is 1.79. The highest BCUT2D eigenvalue weighted by Crippen LogP contribution is 2.34. The zero-order valence-electron chi connectivity index (χ0n) is 8.80. The van der Waals surface area contributed by atoms with Crippen molar-refractivity contribution in [1.82, 2.24) is 0 Å². The predicted molar refractivity (Wildman–Crippen MR) is 62.0 cm³/mol. The molecule has 4 heteroatoms. The zero-order chi connectivity index (χ0) is 11.1. The molecule has 1 aliphatic rings. The van der Waals surface area contributed by atoms with Gasteiger partial charge in [0.25, 0.3) is 0 Å². The lowest BCUT2D eigenvalue weighted by Crippen LogP contribution is -2.33. The number of rotatable bonds is 2. The van der Waals surface area contributed by atoms with Gasteiger partial charge in [0.2, 0.25) is 5.78 Å². The molecule has 0 aliphatic carbocycles.